The third-order valence-electron chi connectivity index (χ3n) is 3.33. The Morgan fingerprint density at radius 3 is 2.88 bits per heavy atom. The second kappa shape index (κ2) is 7.86. The molecular weight excluding hydrogens is 198 g/mol. The molecule has 0 saturated heterocycles. The quantitative estimate of drug-likeness (QED) is 0.516. The van der Waals surface area contributed by atoms with Gasteiger partial charge in [-0.25, -0.2) is 0 Å². The standard InChI is InChI=1S/C14H27NO/c1-12-8-13(2)10-14(9-12)11-15-6-4-3-5-7-16/h8,12,14-16H,3-7,9-11H2,1-2H3. The summed E-state index contributed by atoms with van der Waals surface area (Å²) in [5.41, 5.74) is 1.56. The zero-order chi connectivity index (χ0) is 11.8. The van der Waals surface area contributed by atoms with Crippen molar-refractivity contribution in [3.63, 3.8) is 0 Å². The van der Waals surface area contributed by atoms with E-state index in [2.05, 4.69) is 25.2 Å². The van der Waals surface area contributed by atoms with Gasteiger partial charge >= 0.3 is 0 Å². The van der Waals surface area contributed by atoms with Crippen LogP contribution in [0.2, 0.25) is 0 Å². The van der Waals surface area contributed by atoms with Gasteiger partial charge in [0.1, 0.15) is 0 Å². The van der Waals surface area contributed by atoms with Crippen LogP contribution in [-0.2, 0) is 0 Å². The Morgan fingerprint density at radius 2 is 2.19 bits per heavy atom. The molecule has 2 atom stereocenters. The molecule has 1 rings (SSSR count). The van der Waals surface area contributed by atoms with Gasteiger partial charge in [0.25, 0.3) is 0 Å². The Balaban J connectivity index is 2.03. The van der Waals surface area contributed by atoms with E-state index in [1.807, 2.05) is 0 Å². The molecule has 0 aromatic heterocycles. The topological polar surface area (TPSA) is 32.3 Å². The number of aliphatic hydroxyl groups excluding tert-OH is 1. The van der Waals surface area contributed by atoms with Gasteiger partial charge in [-0.3, -0.25) is 0 Å². The molecule has 2 nitrogen and oxygen atoms in total. The van der Waals surface area contributed by atoms with Crippen LogP contribution >= 0.6 is 0 Å². The summed E-state index contributed by atoms with van der Waals surface area (Å²) in [7, 11) is 0. The normalized spacial score (nSPS) is 25.6. The first-order valence-corrected chi connectivity index (χ1v) is 6.71. The second-order valence-corrected chi connectivity index (χ2v) is 5.28. The molecule has 0 aromatic rings. The van der Waals surface area contributed by atoms with Gasteiger partial charge in [0.05, 0.1) is 0 Å². The molecule has 0 radical (unpaired) electrons. The van der Waals surface area contributed by atoms with Crippen LogP contribution in [0.4, 0.5) is 0 Å². The largest absolute Gasteiger partial charge is 0.396 e. The average Bonchev–Trinajstić information content (AvgIpc) is 2.22. The van der Waals surface area contributed by atoms with Crippen LogP contribution in [0.3, 0.4) is 0 Å². The summed E-state index contributed by atoms with van der Waals surface area (Å²) in [5, 5.41) is 12.2. The molecule has 0 aliphatic heterocycles. The lowest BCUT2D eigenvalue weighted by atomic mass is 9.84. The maximum absolute atomic E-state index is 8.66. The van der Waals surface area contributed by atoms with E-state index in [4.69, 9.17) is 5.11 Å². The van der Waals surface area contributed by atoms with Crippen molar-refractivity contribution < 1.29 is 5.11 Å². The highest BCUT2D eigenvalue weighted by molar-refractivity contribution is 5.06. The van der Waals surface area contributed by atoms with Crippen molar-refractivity contribution in [2.75, 3.05) is 19.7 Å². The number of hydrogen-bond acceptors (Lipinski definition) is 2. The average molecular weight is 225 g/mol. The molecule has 0 bridgehead atoms. The highest BCUT2D eigenvalue weighted by Gasteiger charge is 2.17. The zero-order valence-electron chi connectivity index (χ0n) is 10.8. The van der Waals surface area contributed by atoms with E-state index in [-0.39, 0.29) is 0 Å². The molecule has 2 N–H and O–H groups in total. The zero-order valence-corrected chi connectivity index (χ0v) is 10.8. The SMILES string of the molecule is CC1=CC(C)CC(CNCCCCCO)C1. The van der Waals surface area contributed by atoms with Crippen molar-refractivity contribution in [2.24, 2.45) is 11.8 Å². The van der Waals surface area contributed by atoms with Gasteiger partial charge in [-0.05, 0) is 64.0 Å². The number of hydrogen-bond donors (Lipinski definition) is 2. The Labute approximate surface area is 100 Å². The number of unbranched alkanes of at least 4 members (excludes halogenated alkanes) is 2. The summed E-state index contributed by atoms with van der Waals surface area (Å²) < 4.78 is 0. The minimum absolute atomic E-state index is 0.337. The first-order valence-electron chi connectivity index (χ1n) is 6.71. The summed E-state index contributed by atoms with van der Waals surface area (Å²) in [5.74, 6) is 1.59. The molecule has 1 aliphatic carbocycles. The first kappa shape index (κ1) is 13.7. The fraction of sp³-hybridized carbons (Fsp3) is 0.857. The predicted molar refractivity (Wildman–Crippen MR) is 69.5 cm³/mol. The van der Waals surface area contributed by atoms with Crippen LogP contribution in [0.1, 0.15) is 46.0 Å². The van der Waals surface area contributed by atoms with Gasteiger partial charge in [0.15, 0.2) is 0 Å². The van der Waals surface area contributed by atoms with Crippen LogP contribution in [0.25, 0.3) is 0 Å². The number of rotatable bonds is 7. The fourth-order valence-corrected chi connectivity index (χ4v) is 2.69. The van der Waals surface area contributed by atoms with Crippen molar-refractivity contribution in [1.82, 2.24) is 5.32 Å². The summed E-state index contributed by atoms with van der Waals surface area (Å²) in [6.45, 7) is 7.17. The minimum Gasteiger partial charge on any atom is -0.396 e. The predicted octanol–water partition coefficient (Wildman–Crippen LogP) is 2.73. The van der Waals surface area contributed by atoms with E-state index >= 15 is 0 Å². The monoisotopic (exact) mass is 225 g/mol. The third kappa shape index (κ3) is 5.66. The van der Waals surface area contributed by atoms with Gasteiger partial charge < -0.3 is 10.4 Å². The Morgan fingerprint density at radius 1 is 1.38 bits per heavy atom. The van der Waals surface area contributed by atoms with Crippen LogP contribution in [-0.4, -0.2) is 24.8 Å². The summed E-state index contributed by atoms with van der Waals surface area (Å²) in [6.07, 6.45) is 8.30. The van der Waals surface area contributed by atoms with Crippen molar-refractivity contribution in [2.45, 2.75) is 46.0 Å². The molecule has 0 saturated carbocycles. The van der Waals surface area contributed by atoms with Crippen LogP contribution in [0.15, 0.2) is 11.6 Å². The van der Waals surface area contributed by atoms with E-state index in [0.717, 1.165) is 37.8 Å². The van der Waals surface area contributed by atoms with Gasteiger partial charge in [-0.2, -0.15) is 0 Å². The number of allylic oxidation sites excluding steroid dienone is 2. The molecule has 0 fully saturated rings. The van der Waals surface area contributed by atoms with Gasteiger partial charge in [-0.1, -0.05) is 18.6 Å². The highest BCUT2D eigenvalue weighted by atomic mass is 16.2. The van der Waals surface area contributed by atoms with Crippen LogP contribution in [0, 0.1) is 11.8 Å². The molecule has 2 unspecified atom stereocenters. The molecule has 0 heterocycles. The summed E-state index contributed by atoms with van der Waals surface area (Å²) >= 11 is 0. The smallest absolute Gasteiger partial charge is 0.0431 e. The van der Waals surface area contributed by atoms with Crippen molar-refractivity contribution in [3.8, 4) is 0 Å². The lowest BCUT2D eigenvalue weighted by Gasteiger charge is -2.25. The number of aliphatic hydroxyl groups is 1. The van der Waals surface area contributed by atoms with Crippen LogP contribution in [0.5, 0.6) is 0 Å². The van der Waals surface area contributed by atoms with Crippen molar-refractivity contribution in [1.29, 1.82) is 0 Å². The fourth-order valence-electron chi connectivity index (χ4n) is 2.69. The lowest BCUT2D eigenvalue weighted by molar-refractivity contribution is 0.282. The molecule has 0 spiro atoms. The van der Waals surface area contributed by atoms with Gasteiger partial charge in [0, 0.05) is 6.61 Å². The minimum atomic E-state index is 0.337. The highest BCUT2D eigenvalue weighted by Crippen LogP contribution is 2.27. The summed E-state index contributed by atoms with van der Waals surface area (Å²) in [6, 6.07) is 0. The van der Waals surface area contributed by atoms with E-state index in [0.29, 0.717) is 6.61 Å². The van der Waals surface area contributed by atoms with E-state index in [1.165, 1.54) is 19.3 Å². The lowest BCUT2D eigenvalue weighted by Crippen LogP contribution is -2.26. The van der Waals surface area contributed by atoms with E-state index < -0.39 is 0 Å². The van der Waals surface area contributed by atoms with Crippen molar-refractivity contribution >= 4 is 0 Å². The van der Waals surface area contributed by atoms with E-state index in [1.54, 1.807) is 5.57 Å². The Kier molecular flexibility index (Phi) is 6.74. The van der Waals surface area contributed by atoms with Crippen molar-refractivity contribution in [3.05, 3.63) is 11.6 Å². The maximum Gasteiger partial charge on any atom is 0.0431 e. The molecule has 0 amide bonds. The van der Waals surface area contributed by atoms with Gasteiger partial charge in [-0.15, -0.1) is 0 Å². The molecule has 16 heavy (non-hydrogen) atoms. The number of nitrogens with one attached hydrogen (secondary N) is 1. The van der Waals surface area contributed by atoms with E-state index in [9.17, 15) is 0 Å². The molecule has 1 aliphatic rings. The molecule has 0 aromatic carbocycles. The maximum atomic E-state index is 8.66. The molecule has 94 valence electrons. The third-order valence-corrected chi connectivity index (χ3v) is 3.33. The Bertz CT molecular complexity index is 213. The Hall–Kier alpha value is -0.340. The first-order chi connectivity index (χ1) is 7.72. The molecular formula is C14H27NO. The second-order valence-electron chi connectivity index (χ2n) is 5.28. The molecule has 2 heteroatoms. The van der Waals surface area contributed by atoms with Gasteiger partial charge in [0.2, 0.25) is 0 Å². The summed E-state index contributed by atoms with van der Waals surface area (Å²) in [4.78, 5) is 0. The van der Waals surface area contributed by atoms with Crippen LogP contribution < -0.4 is 5.32 Å².